The van der Waals surface area contributed by atoms with Gasteiger partial charge in [-0.05, 0) is 32.8 Å². The van der Waals surface area contributed by atoms with E-state index in [1.165, 1.54) is 0 Å². The molecule has 2 aromatic heterocycles. The summed E-state index contributed by atoms with van der Waals surface area (Å²) in [6.07, 6.45) is 4.46. The van der Waals surface area contributed by atoms with E-state index in [2.05, 4.69) is 39.1 Å². The lowest BCUT2D eigenvalue weighted by atomic mass is 10.1. The van der Waals surface area contributed by atoms with Crippen molar-refractivity contribution in [2.24, 2.45) is 0 Å². The largest absolute Gasteiger partial charge is 0.370 e. The Bertz CT molecular complexity index is 563. The van der Waals surface area contributed by atoms with E-state index in [9.17, 15) is 0 Å². The molecule has 2 heterocycles. The van der Waals surface area contributed by atoms with Gasteiger partial charge in [-0.15, -0.1) is 0 Å². The molecular formula is C14H19N5. The third kappa shape index (κ3) is 2.86. The van der Waals surface area contributed by atoms with Crippen LogP contribution in [0.3, 0.4) is 0 Å². The van der Waals surface area contributed by atoms with Crippen molar-refractivity contribution >= 4 is 5.82 Å². The van der Waals surface area contributed by atoms with Crippen LogP contribution in [0.5, 0.6) is 0 Å². The summed E-state index contributed by atoms with van der Waals surface area (Å²) in [7, 11) is 0. The van der Waals surface area contributed by atoms with E-state index in [-0.39, 0.29) is 0 Å². The number of hydrogen-bond donors (Lipinski definition) is 1. The summed E-state index contributed by atoms with van der Waals surface area (Å²) < 4.78 is 0. The Morgan fingerprint density at radius 1 is 1.00 bits per heavy atom. The van der Waals surface area contributed by atoms with Crippen molar-refractivity contribution in [1.29, 1.82) is 0 Å². The molecule has 2 rings (SSSR count). The lowest BCUT2D eigenvalue weighted by molar-refractivity contribution is 0.970. The maximum atomic E-state index is 4.55. The molecule has 0 saturated heterocycles. The molecule has 0 aliphatic rings. The van der Waals surface area contributed by atoms with E-state index < -0.39 is 0 Å². The van der Waals surface area contributed by atoms with Crippen LogP contribution in [0, 0.1) is 13.8 Å². The first-order chi connectivity index (χ1) is 9.15. The minimum Gasteiger partial charge on any atom is -0.370 e. The minimum atomic E-state index is 0.565. The van der Waals surface area contributed by atoms with E-state index in [0.717, 1.165) is 35.6 Å². The molecule has 0 aromatic carbocycles. The van der Waals surface area contributed by atoms with Crippen LogP contribution < -0.4 is 5.32 Å². The zero-order valence-corrected chi connectivity index (χ0v) is 11.9. The Hall–Kier alpha value is -2.04. The lowest BCUT2D eigenvalue weighted by Gasteiger charge is -2.12. The van der Waals surface area contributed by atoms with Crippen molar-refractivity contribution in [2.45, 2.75) is 34.1 Å². The van der Waals surface area contributed by atoms with Crippen LogP contribution in [0.25, 0.3) is 11.6 Å². The molecular weight excluding hydrogens is 238 g/mol. The maximum Gasteiger partial charge on any atom is 0.199 e. The van der Waals surface area contributed by atoms with Crippen molar-refractivity contribution in [2.75, 3.05) is 11.9 Å². The summed E-state index contributed by atoms with van der Waals surface area (Å²) in [5, 5.41) is 3.28. The number of nitrogens with zero attached hydrogens (tertiary/aromatic N) is 4. The Labute approximate surface area is 113 Å². The van der Waals surface area contributed by atoms with Crippen molar-refractivity contribution in [3.63, 3.8) is 0 Å². The third-order valence-electron chi connectivity index (χ3n) is 2.89. The highest BCUT2D eigenvalue weighted by atomic mass is 15.1. The molecule has 100 valence electrons. The van der Waals surface area contributed by atoms with Gasteiger partial charge >= 0.3 is 0 Å². The highest BCUT2D eigenvalue weighted by Gasteiger charge is 2.12. The van der Waals surface area contributed by atoms with Gasteiger partial charge in [0.2, 0.25) is 0 Å². The summed E-state index contributed by atoms with van der Waals surface area (Å²) in [6, 6.07) is 0. The second-order valence-electron chi connectivity index (χ2n) is 4.43. The van der Waals surface area contributed by atoms with Crippen LogP contribution >= 0.6 is 0 Å². The van der Waals surface area contributed by atoms with Crippen LogP contribution in [0.15, 0.2) is 12.4 Å². The van der Waals surface area contributed by atoms with Gasteiger partial charge in [0.15, 0.2) is 11.6 Å². The van der Waals surface area contributed by atoms with Crippen molar-refractivity contribution in [3.05, 3.63) is 29.2 Å². The predicted molar refractivity (Wildman–Crippen MR) is 76.1 cm³/mol. The fraction of sp³-hybridized carbons (Fsp3) is 0.429. The average molecular weight is 257 g/mol. The molecule has 0 radical (unpaired) electrons. The van der Waals surface area contributed by atoms with Gasteiger partial charge in [-0.25, -0.2) is 19.9 Å². The Morgan fingerprint density at radius 2 is 1.68 bits per heavy atom. The number of aromatic nitrogens is 4. The van der Waals surface area contributed by atoms with E-state index >= 15 is 0 Å². The third-order valence-corrected chi connectivity index (χ3v) is 2.89. The number of aryl methyl sites for hydroxylation is 2. The summed E-state index contributed by atoms with van der Waals surface area (Å²) in [6.45, 7) is 8.95. The zero-order valence-electron chi connectivity index (χ0n) is 11.9. The van der Waals surface area contributed by atoms with Gasteiger partial charge in [0, 0.05) is 30.2 Å². The van der Waals surface area contributed by atoms with Gasteiger partial charge in [-0.3, -0.25) is 0 Å². The normalized spacial score (nSPS) is 10.5. The van der Waals surface area contributed by atoms with Crippen LogP contribution in [-0.2, 0) is 6.42 Å². The first-order valence-electron chi connectivity index (χ1n) is 6.56. The van der Waals surface area contributed by atoms with Crippen molar-refractivity contribution in [1.82, 2.24) is 19.9 Å². The molecule has 0 aliphatic carbocycles. The molecule has 0 amide bonds. The number of anilines is 1. The lowest BCUT2D eigenvalue weighted by Crippen LogP contribution is -2.08. The first-order valence-corrected chi connectivity index (χ1v) is 6.56. The van der Waals surface area contributed by atoms with Crippen LogP contribution in [0.2, 0.25) is 0 Å². The zero-order chi connectivity index (χ0) is 13.8. The number of hydrogen-bond acceptors (Lipinski definition) is 5. The molecule has 0 bridgehead atoms. The molecule has 19 heavy (non-hydrogen) atoms. The van der Waals surface area contributed by atoms with Gasteiger partial charge in [0.25, 0.3) is 0 Å². The van der Waals surface area contributed by atoms with E-state index in [4.69, 9.17) is 0 Å². The summed E-state index contributed by atoms with van der Waals surface area (Å²) in [4.78, 5) is 17.6. The first kappa shape index (κ1) is 13.4. The van der Waals surface area contributed by atoms with Gasteiger partial charge in [0.1, 0.15) is 5.82 Å². The fourth-order valence-electron chi connectivity index (χ4n) is 1.94. The van der Waals surface area contributed by atoms with Gasteiger partial charge in [-0.1, -0.05) is 6.92 Å². The van der Waals surface area contributed by atoms with Gasteiger partial charge in [0.05, 0.1) is 0 Å². The maximum absolute atomic E-state index is 4.55. The Morgan fingerprint density at radius 3 is 2.26 bits per heavy atom. The minimum absolute atomic E-state index is 0.565. The number of rotatable bonds is 4. The molecule has 0 aliphatic heterocycles. The highest BCUT2D eigenvalue weighted by molar-refractivity contribution is 5.54. The van der Waals surface area contributed by atoms with Crippen LogP contribution in [0.1, 0.15) is 30.7 Å². The summed E-state index contributed by atoms with van der Waals surface area (Å²) in [5.74, 6) is 2.03. The smallest absolute Gasteiger partial charge is 0.199 e. The van der Waals surface area contributed by atoms with E-state index in [1.54, 1.807) is 12.4 Å². The van der Waals surface area contributed by atoms with Crippen molar-refractivity contribution in [3.8, 4) is 11.6 Å². The second-order valence-corrected chi connectivity index (χ2v) is 4.43. The quantitative estimate of drug-likeness (QED) is 0.912. The molecule has 2 aromatic rings. The van der Waals surface area contributed by atoms with Gasteiger partial charge in [-0.2, -0.15) is 0 Å². The SMILES string of the molecule is CCNc1nc(-c2ncc(C)cn2)nc(C)c1CC. The van der Waals surface area contributed by atoms with Crippen molar-refractivity contribution < 1.29 is 0 Å². The molecule has 5 heteroatoms. The summed E-state index contributed by atoms with van der Waals surface area (Å²) in [5.41, 5.74) is 3.16. The fourth-order valence-corrected chi connectivity index (χ4v) is 1.94. The summed E-state index contributed by atoms with van der Waals surface area (Å²) >= 11 is 0. The number of nitrogens with one attached hydrogen (secondary N) is 1. The average Bonchev–Trinajstić information content (AvgIpc) is 2.39. The molecule has 0 saturated carbocycles. The molecule has 0 spiro atoms. The Balaban J connectivity index is 2.49. The Kier molecular flexibility index (Phi) is 4.04. The topological polar surface area (TPSA) is 63.6 Å². The van der Waals surface area contributed by atoms with Crippen LogP contribution in [0.4, 0.5) is 5.82 Å². The second kappa shape index (κ2) is 5.73. The van der Waals surface area contributed by atoms with Gasteiger partial charge < -0.3 is 5.32 Å². The van der Waals surface area contributed by atoms with E-state index in [1.807, 2.05) is 13.8 Å². The highest BCUT2D eigenvalue weighted by Crippen LogP contribution is 2.20. The molecule has 1 N–H and O–H groups in total. The standard InChI is InChI=1S/C14H19N5/c1-5-11-10(4)18-14(19-12(11)15-6-2)13-16-7-9(3)8-17-13/h7-8H,5-6H2,1-4H3,(H,15,18,19). The predicted octanol–water partition coefficient (Wildman–Crippen LogP) is 2.54. The van der Waals surface area contributed by atoms with Crippen LogP contribution in [-0.4, -0.2) is 26.5 Å². The molecule has 5 nitrogen and oxygen atoms in total. The monoisotopic (exact) mass is 257 g/mol. The molecule has 0 atom stereocenters. The molecule has 0 unspecified atom stereocenters. The van der Waals surface area contributed by atoms with E-state index in [0.29, 0.717) is 11.6 Å². The molecule has 0 fully saturated rings.